The van der Waals surface area contributed by atoms with Crippen LogP contribution in [-0.2, 0) is 14.8 Å². The lowest BCUT2D eigenvalue weighted by Gasteiger charge is -2.35. The minimum Gasteiger partial charge on any atom is -0.378 e. The molecule has 1 saturated heterocycles. The Bertz CT molecular complexity index is 443. The fraction of sp³-hybridized carbons (Fsp3) is 0.929. The number of aliphatic imine (C=N–C) groups is 1. The average Bonchev–Trinajstić information content (AvgIpc) is 2.48. The SMILES string of the molecule is CCCNC(=NC)N1CCN(S(=O)(=O)CCOC(C)C)CC1. The molecule has 0 aromatic carbocycles. The Morgan fingerprint density at radius 2 is 1.91 bits per heavy atom. The van der Waals surface area contributed by atoms with Gasteiger partial charge in [-0.2, -0.15) is 4.31 Å². The van der Waals surface area contributed by atoms with Crippen LogP contribution in [0.5, 0.6) is 0 Å². The van der Waals surface area contributed by atoms with Gasteiger partial charge in [0.2, 0.25) is 10.0 Å². The second-order valence-electron chi connectivity index (χ2n) is 5.60. The zero-order chi connectivity index (χ0) is 16.6. The molecule has 1 N–H and O–H groups in total. The van der Waals surface area contributed by atoms with Crippen LogP contribution in [0.1, 0.15) is 27.2 Å². The summed E-state index contributed by atoms with van der Waals surface area (Å²) in [6, 6.07) is 0. The average molecular weight is 334 g/mol. The van der Waals surface area contributed by atoms with Gasteiger partial charge in [0.15, 0.2) is 5.96 Å². The molecule has 130 valence electrons. The van der Waals surface area contributed by atoms with E-state index in [2.05, 4.69) is 22.1 Å². The van der Waals surface area contributed by atoms with E-state index in [1.54, 1.807) is 11.4 Å². The summed E-state index contributed by atoms with van der Waals surface area (Å²) < 4.78 is 31.4. The molecule has 0 aromatic rings. The maximum atomic E-state index is 12.3. The Balaban J connectivity index is 2.46. The van der Waals surface area contributed by atoms with Crippen molar-refractivity contribution in [2.45, 2.75) is 33.3 Å². The lowest BCUT2D eigenvalue weighted by Crippen LogP contribution is -2.54. The third-order valence-corrected chi connectivity index (χ3v) is 5.30. The van der Waals surface area contributed by atoms with Crippen LogP contribution in [0, 0.1) is 0 Å². The summed E-state index contributed by atoms with van der Waals surface area (Å²) in [5, 5.41) is 3.28. The van der Waals surface area contributed by atoms with Crippen LogP contribution in [0.2, 0.25) is 0 Å². The summed E-state index contributed by atoms with van der Waals surface area (Å²) >= 11 is 0. The standard InChI is InChI=1S/C14H30N4O3S/c1-5-6-16-14(15-4)17-7-9-18(10-8-17)22(19,20)12-11-21-13(2)3/h13H,5-12H2,1-4H3,(H,15,16). The maximum Gasteiger partial charge on any atom is 0.216 e. The molecule has 0 spiro atoms. The highest BCUT2D eigenvalue weighted by molar-refractivity contribution is 7.89. The molecule has 1 aliphatic heterocycles. The van der Waals surface area contributed by atoms with Crippen molar-refractivity contribution in [1.82, 2.24) is 14.5 Å². The van der Waals surface area contributed by atoms with E-state index in [1.165, 1.54) is 0 Å². The molecule has 1 heterocycles. The molecule has 1 fully saturated rings. The van der Waals surface area contributed by atoms with Crippen LogP contribution in [-0.4, -0.2) is 81.8 Å². The van der Waals surface area contributed by atoms with E-state index in [4.69, 9.17) is 4.74 Å². The third kappa shape index (κ3) is 6.10. The van der Waals surface area contributed by atoms with Crippen LogP contribution >= 0.6 is 0 Å². The van der Waals surface area contributed by atoms with Gasteiger partial charge in [-0.1, -0.05) is 6.92 Å². The largest absolute Gasteiger partial charge is 0.378 e. The molecule has 0 aromatic heterocycles. The molecule has 0 unspecified atom stereocenters. The first-order valence-electron chi connectivity index (χ1n) is 7.95. The van der Waals surface area contributed by atoms with Crippen molar-refractivity contribution in [3.8, 4) is 0 Å². The second kappa shape index (κ2) is 9.32. The number of hydrogen-bond donors (Lipinski definition) is 1. The highest BCUT2D eigenvalue weighted by Gasteiger charge is 2.27. The van der Waals surface area contributed by atoms with E-state index in [1.807, 2.05) is 13.8 Å². The van der Waals surface area contributed by atoms with Crippen molar-refractivity contribution < 1.29 is 13.2 Å². The quantitative estimate of drug-likeness (QED) is 0.537. The molecule has 1 aliphatic rings. The van der Waals surface area contributed by atoms with E-state index in [-0.39, 0.29) is 18.5 Å². The van der Waals surface area contributed by atoms with Crippen LogP contribution in [0.3, 0.4) is 0 Å². The Kier molecular flexibility index (Phi) is 8.13. The van der Waals surface area contributed by atoms with Gasteiger partial charge in [-0.05, 0) is 20.3 Å². The summed E-state index contributed by atoms with van der Waals surface area (Å²) in [7, 11) is -1.48. The van der Waals surface area contributed by atoms with Crippen LogP contribution in [0.25, 0.3) is 0 Å². The predicted molar refractivity (Wildman–Crippen MR) is 89.7 cm³/mol. The number of hydrogen-bond acceptors (Lipinski definition) is 4. The summed E-state index contributed by atoms with van der Waals surface area (Å²) in [6.07, 6.45) is 1.09. The Morgan fingerprint density at radius 3 is 2.41 bits per heavy atom. The van der Waals surface area contributed by atoms with E-state index in [0.717, 1.165) is 18.9 Å². The first-order chi connectivity index (χ1) is 10.4. The minimum atomic E-state index is -3.23. The molecular weight excluding hydrogens is 304 g/mol. The van der Waals surface area contributed by atoms with E-state index in [0.29, 0.717) is 26.2 Å². The van der Waals surface area contributed by atoms with Crippen molar-refractivity contribution >= 4 is 16.0 Å². The van der Waals surface area contributed by atoms with E-state index >= 15 is 0 Å². The lowest BCUT2D eigenvalue weighted by atomic mass is 10.4. The number of guanidine groups is 1. The third-order valence-electron chi connectivity index (χ3n) is 3.47. The van der Waals surface area contributed by atoms with Crippen LogP contribution in [0.15, 0.2) is 4.99 Å². The Labute approximate surface area is 134 Å². The molecule has 8 heteroatoms. The Hall–Kier alpha value is -0.860. The topological polar surface area (TPSA) is 74.2 Å². The van der Waals surface area contributed by atoms with Crippen LogP contribution in [0.4, 0.5) is 0 Å². The van der Waals surface area contributed by atoms with Crippen molar-refractivity contribution in [3.05, 3.63) is 0 Å². The molecule has 7 nitrogen and oxygen atoms in total. The van der Waals surface area contributed by atoms with Gasteiger partial charge in [0, 0.05) is 39.8 Å². The van der Waals surface area contributed by atoms with Gasteiger partial charge >= 0.3 is 0 Å². The van der Waals surface area contributed by atoms with Crippen molar-refractivity contribution in [2.24, 2.45) is 4.99 Å². The zero-order valence-electron chi connectivity index (χ0n) is 14.2. The second-order valence-corrected chi connectivity index (χ2v) is 7.68. The zero-order valence-corrected chi connectivity index (χ0v) is 15.0. The fourth-order valence-corrected chi connectivity index (χ4v) is 3.55. The fourth-order valence-electron chi connectivity index (χ4n) is 2.27. The number of rotatable bonds is 7. The van der Waals surface area contributed by atoms with E-state index in [9.17, 15) is 8.42 Å². The van der Waals surface area contributed by atoms with Gasteiger partial charge in [-0.15, -0.1) is 0 Å². The maximum absolute atomic E-state index is 12.3. The van der Waals surface area contributed by atoms with Crippen LogP contribution < -0.4 is 5.32 Å². The van der Waals surface area contributed by atoms with Gasteiger partial charge in [0.1, 0.15) is 0 Å². The summed E-state index contributed by atoms with van der Waals surface area (Å²) in [4.78, 5) is 6.35. The van der Waals surface area contributed by atoms with Gasteiger partial charge in [0.05, 0.1) is 18.5 Å². The van der Waals surface area contributed by atoms with Crippen molar-refractivity contribution in [3.63, 3.8) is 0 Å². The first kappa shape index (κ1) is 19.2. The minimum absolute atomic E-state index is 0.0496. The molecule has 0 saturated carbocycles. The molecule has 1 rings (SSSR count). The number of piperazine rings is 1. The number of sulfonamides is 1. The first-order valence-corrected chi connectivity index (χ1v) is 9.56. The smallest absolute Gasteiger partial charge is 0.216 e. The monoisotopic (exact) mass is 334 g/mol. The van der Waals surface area contributed by atoms with Crippen molar-refractivity contribution in [2.75, 3.05) is 52.1 Å². The number of ether oxygens (including phenoxy) is 1. The molecule has 0 bridgehead atoms. The summed E-state index contributed by atoms with van der Waals surface area (Å²) in [6.45, 7) is 9.34. The Morgan fingerprint density at radius 1 is 1.27 bits per heavy atom. The van der Waals surface area contributed by atoms with Gasteiger partial charge in [-0.25, -0.2) is 8.42 Å². The summed E-state index contributed by atoms with van der Waals surface area (Å²) in [5.41, 5.74) is 0. The van der Waals surface area contributed by atoms with Crippen molar-refractivity contribution in [1.29, 1.82) is 0 Å². The molecule has 0 atom stereocenters. The molecule has 22 heavy (non-hydrogen) atoms. The highest BCUT2D eigenvalue weighted by atomic mass is 32.2. The molecular formula is C14H30N4O3S. The highest BCUT2D eigenvalue weighted by Crippen LogP contribution is 2.09. The predicted octanol–water partition coefficient (Wildman–Crippen LogP) is 0.344. The molecule has 0 amide bonds. The van der Waals surface area contributed by atoms with Gasteiger partial charge in [0.25, 0.3) is 0 Å². The summed E-state index contributed by atoms with van der Waals surface area (Å²) in [5.74, 6) is 0.899. The lowest BCUT2D eigenvalue weighted by molar-refractivity contribution is 0.0904. The van der Waals surface area contributed by atoms with Gasteiger partial charge in [-0.3, -0.25) is 4.99 Å². The van der Waals surface area contributed by atoms with E-state index < -0.39 is 10.0 Å². The number of nitrogens with one attached hydrogen (secondary N) is 1. The molecule has 0 aliphatic carbocycles. The molecule has 0 radical (unpaired) electrons. The number of nitrogens with zero attached hydrogens (tertiary/aromatic N) is 3. The normalized spacial score (nSPS) is 18.0. The van der Waals surface area contributed by atoms with Gasteiger partial charge < -0.3 is 15.0 Å².